The topological polar surface area (TPSA) is 87.1 Å². The number of hydrogen-bond donors (Lipinski definition) is 2. The first-order valence-corrected chi connectivity index (χ1v) is 10.1. The molecule has 8 atom stereocenters. The number of allylic oxidation sites excluding steroid dienone is 2. The number of ether oxygens (including phenoxy) is 1. The van der Waals surface area contributed by atoms with E-state index >= 15 is 0 Å². The standard InChI is InChI=1S/C22H28O5/c1-12-8-16-15-5-4-13-9-14(24)6-7-19(13,2)22(15)18(27-22)10-20(16,3)21(12,26)17(25)11-23/h6-7,9,12,15-16,18,23,26H,4-5,8,10-11H2,1-3H3/t12-,15-,16-,18-,19+,20+,21+,22-/m1/s1. The van der Waals surface area contributed by atoms with Gasteiger partial charge < -0.3 is 14.9 Å². The van der Waals surface area contributed by atoms with Crippen molar-refractivity contribution in [2.75, 3.05) is 6.61 Å². The Hall–Kier alpha value is -1.30. The molecule has 0 bridgehead atoms. The molecule has 0 amide bonds. The number of aliphatic hydroxyl groups excluding tert-OH is 1. The Morgan fingerprint density at radius 1 is 1.33 bits per heavy atom. The predicted molar refractivity (Wildman–Crippen MR) is 97.7 cm³/mol. The van der Waals surface area contributed by atoms with Crippen molar-refractivity contribution in [3.05, 3.63) is 23.8 Å². The van der Waals surface area contributed by atoms with E-state index in [1.807, 2.05) is 19.9 Å². The minimum atomic E-state index is -1.50. The van der Waals surface area contributed by atoms with Gasteiger partial charge in [-0.15, -0.1) is 0 Å². The molecule has 2 N–H and O–H groups in total. The first-order valence-electron chi connectivity index (χ1n) is 10.1. The van der Waals surface area contributed by atoms with Crippen molar-refractivity contribution in [2.24, 2.45) is 28.6 Å². The summed E-state index contributed by atoms with van der Waals surface area (Å²) >= 11 is 0. The second-order valence-corrected chi connectivity index (χ2v) is 9.86. The maximum atomic E-state index is 12.6. The summed E-state index contributed by atoms with van der Waals surface area (Å²) in [7, 11) is 0. The molecule has 5 rings (SSSR count). The summed E-state index contributed by atoms with van der Waals surface area (Å²) < 4.78 is 6.43. The van der Waals surface area contributed by atoms with Crippen molar-refractivity contribution in [1.29, 1.82) is 0 Å². The third-order valence-electron chi connectivity index (χ3n) is 9.08. The van der Waals surface area contributed by atoms with Gasteiger partial charge in [0.15, 0.2) is 11.6 Å². The van der Waals surface area contributed by atoms with E-state index in [4.69, 9.17) is 4.74 Å². The summed E-state index contributed by atoms with van der Waals surface area (Å²) in [6.07, 6.45) is 8.58. The lowest BCUT2D eigenvalue weighted by Crippen LogP contribution is -2.62. The van der Waals surface area contributed by atoms with E-state index in [0.717, 1.165) is 24.8 Å². The molecule has 0 aromatic heterocycles. The summed E-state index contributed by atoms with van der Waals surface area (Å²) in [6.45, 7) is 5.51. The van der Waals surface area contributed by atoms with Gasteiger partial charge in [0.05, 0.1) is 6.10 Å². The maximum absolute atomic E-state index is 12.6. The highest BCUT2D eigenvalue weighted by atomic mass is 16.6. The normalized spacial score (nSPS) is 55.1. The molecule has 1 aliphatic heterocycles. The number of rotatable bonds is 2. The van der Waals surface area contributed by atoms with Crippen molar-refractivity contribution in [2.45, 2.75) is 63.8 Å². The molecule has 5 aliphatic rings. The van der Waals surface area contributed by atoms with Gasteiger partial charge in [-0.25, -0.2) is 0 Å². The third kappa shape index (κ3) is 1.73. The van der Waals surface area contributed by atoms with Crippen molar-refractivity contribution in [3.8, 4) is 0 Å². The molecule has 4 fully saturated rings. The molecule has 5 heteroatoms. The lowest BCUT2D eigenvalue weighted by molar-refractivity contribution is -0.165. The van der Waals surface area contributed by atoms with Crippen LogP contribution in [0.2, 0.25) is 0 Å². The Morgan fingerprint density at radius 2 is 2.07 bits per heavy atom. The first kappa shape index (κ1) is 17.8. The van der Waals surface area contributed by atoms with Gasteiger partial charge in [0.2, 0.25) is 0 Å². The van der Waals surface area contributed by atoms with E-state index in [1.54, 1.807) is 12.2 Å². The lowest BCUT2D eigenvalue weighted by Gasteiger charge is -2.55. The summed E-state index contributed by atoms with van der Waals surface area (Å²) in [6, 6.07) is 0. The van der Waals surface area contributed by atoms with Gasteiger partial charge >= 0.3 is 0 Å². The number of aliphatic hydroxyl groups is 2. The van der Waals surface area contributed by atoms with Crippen LogP contribution in [0, 0.1) is 28.6 Å². The van der Waals surface area contributed by atoms with Crippen LogP contribution in [-0.4, -0.2) is 45.7 Å². The second kappa shape index (κ2) is 5.00. The molecule has 0 unspecified atom stereocenters. The smallest absolute Gasteiger partial charge is 0.190 e. The highest BCUT2D eigenvalue weighted by Crippen LogP contribution is 2.76. The van der Waals surface area contributed by atoms with E-state index in [9.17, 15) is 19.8 Å². The predicted octanol–water partition coefficient (Wildman–Crippen LogP) is 1.96. The Labute approximate surface area is 159 Å². The van der Waals surface area contributed by atoms with Crippen molar-refractivity contribution in [3.63, 3.8) is 0 Å². The molecular weight excluding hydrogens is 344 g/mol. The fraction of sp³-hybridized carbons (Fsp3) is 0.727. The summed E-state index contributed by atoms with van der Waals surface area (Å²) in [5.74, 6) is -0.193. The highest BCUT2D eigenvalue weighted by molar-refractivity contribution is 6.01. The SMILES string of the molecule is C[C@@H]1C[C@@H]2[C@H]3CCC4=CC(=O)C=C[C@]4(C)[C@@]34O[C@@H]4C[C@]2(C)[C@@]1(O)C(=O)CO. The fourth-order valence-electron chi connectivity index (χ4n) is 7.70. The molecule has 27 heavy (non-hydrogen) atoms. The van der Waals surface area contributed by atoms with Crippen LogP contribution in [0.1, 0.15) is 46.5 Å². The third-order valence-corrected chi connectivity index (χ3v) is 9.08. The number of hydrogen-bond acceptors (Lipinski definition) is 5. The van der Waals surface area contributed by atoms with Gasteiger partial charge in [-0.2, -0.15) is 0 Å². The van der Waals surface area contributed by atoms with Crippen LogP contribution in [0.25, 0.3) is 0 Å². The van der Waals surface area contributed by atoms with Crippen molar-refractivity contribution < 1.29 is 24.5 Å². The van der Waals surface area contributed by atoms with E-state index in [0.29, 0.717) is 6.42 Å². The molecule has 1 saturated heterocycles. The summed E-state index contributed by atoms with van der Waals surface area (Å²) in [5.41, 5.74) is -1.55. The summed E-state index contributed by atoms with van der Waals surface area (Å²) in [4.78, 5) is 24.5. The number of carbonyl (C=O) groups is 2. The maximum Gasteiger partial charge on any atom is 0.190 e. The van der Waals surface area contributed by atoms with E-state index < -0.39 is 23.4 Å². The number of ketones is 2. The van der Waals surface area contributed by atoms with Gasteiger partial charge in [0, 0.05) is 10.8 Å². The van der Waals surface area contributed by atoms with Crippen LogP contribution < -0.4 is 0 Å². The first-order chi connectivity index (χ1) is 12.6. The lowest BCUT2D eigenvalue weighted by atomic mass is 9.46. The van der Waals surface area contributed by atoms with Crippen LogP contribution in [0.3, 0.4) is 0 Å². The number of fused-ring (bicyclic) bond motifs is 3. The summed E-state index contributed by atoms with van der Waals surface area (Å²) in [5, 5.41) is 21.0. The van der Waals surface area contributed by atoms with Crippen molar-refractivity contribution in [1.82, 2.24) is 0 Å². The van der Waals surface area contributed by atoms with Crippen LogP contribution in [0.5, 0.6) is 0 Å². The largest absolute Gasteiger partial charge is 0.388 e. The van der Waals surface area contributed by atoms with Crippen molar-refractivity contribution >= 4 is 11.6 Å². The average molecular weight is 372 g/mol. The van der Waals surface area contributed by atoms with E-state index in [1.165, 1.54) is 0 Å². The Balaban J connectivity index is 1.60. The van der Waals surface area contributed by atoms with Gasteiger partial charge in [0.1, 0.15) is 17.8 Å². The van der Waals surface area contributed by atoms with Gasteiger partial charge in [-0.1, -0.05) is 25.5 Å². The minimum Gasteiger partial charge on any atom is -0.388 e. The molecule has 1 spiro atoms. The minimum absolute atomic E-state index is 0.0291. The molecule has 0 aromatic carbocycles. The number of Topliss-reactive ketones (excluding diaryl/α,β-unsaturated/α-hetero) is 1. The molecule has 0 aromatic rings. The molecule has 5 nitrogen and oxygen atoms in total. The molecule has 146 valence electrons. The van der Waals surface area contributed by atoms with Crippen LogP contribution in [0.15, 0.2) is 23.8 Å². The highest BCUT2D eigenvalue weighted by Gasteiger charge is 2.81. The molecule has 1 heterocycles. The number of epoxide rings is 1. The zero-order valence-corrected chi connectivity index (χ0v) is 16.2. The molecular formula is C22H28O5. The second-order valence-electron chi connectivity index (χ2n) is 9.86. The van der Waals surface area contributed by atoms with Gasteiger partial charge in [-0.3, -0.25) is 9.59 Å². The van der Waals surface area contributed by atoms with Gasteiger partial charge in [-0.05, 0) is 62.5 Å². The Bertz CT molecular complexity index is 814. The van der Waals surface area contributed by atoms with E-state index in [-0.39, 0.29) is 40.7 Å². The van der Waals surface area contributed by atoms with Crippen LogP contribution >= 0.6 is 0 Å². The quantitative estimate of drug-likeness (QED) is 0.724. The Morgan fingerprint density at radius 3 is 2.78 bits per heavy atom. The molecule has 0 radical (unpaired) electrons. The average Bonchev–Trinajstić information content (AvgIpc) is 3.31. The zero-order chi connectivity index (χ0) is 19.4. The van der Waals surface area contributed by atoms with Crippen LogP contribution in [-0.2, 0) is 14.3 Å². The molecule has 3 saturated carbocycles. The van der Waals surface area contributed by atoms with E-state index in [2.05, 4.69) is 6.92 Å². The molecule has 4 aliphatic carbocycles. The van der Waals surface area contributed by atoms with Crippen LogP contribution in [0.4, 0.5) is 0 Å². The van der Waals surface area contributed by atoms with Gasteiger partial charge in [0.25, 0.3) is 0 Å². The monoisotopic (exact) mass is 372 g/mol. The zero-order valence-electron chi connectivity index (χ0n) is 16.2. The number of carbonyl (C=O) groups excluding carboxylic acids is 2. The Kier molecular flexibility index (Phi) is 3.29. The fourth-order valence-corrected chi connectivity index (χ4v) is 7.70.